The van der Waals surface area contributed by atoms with Crippen molar-refractivity contribution in [3.05, 3.63) is 0 Å². The van der Waals surface area contributed by atoms with Crippen LogP contribution in [0.5, 0.6) is 0 Å². The summed E-state index contributed by atoms with van der Waals surface area (Å²) < 4.78 is 0. The van der Waals surface area contributed by atoms with Gasteiger partial charge in [0.25, 0.3) is 0 Å². The lowest BCUT2D eigenvalue weighted by molar-refractivity contribution is -0.134. The van der Waals surface area contributed by atoms with E-state index in [-0.39, 0.29) is 0 Å². The van der Waals surface area contributed by atoms with Crippen molar-refractivity contribution in [2.24, 2.45) is 11.8 Å². The summed E-state index contributed by atoms with van der Waals surface area (Å²) in [5.74, 6) is 1.79. The molecule has 0 radical (unpaired) electrons. The summed E-state index contributed by atoms with van der Waals surface area (Å²) >= 11 is 0. The maximum absolute atomic E-state index is 11.7. The zero-order valence-electron chi connectivity index (χ0n) is 8.96. The molecule has 1 amide bonds. The van der Waals surface area contributed by atoms with E-state index in [0.29, 0.717) is 17.7 Å². The molecule has 0 aromatic heterocycles. The molecular formula is C11H20N2O. The van der Waals surface area contributed by atoms with Gasteiger partial charge in [-0.1, -0.05) is 6.92 Å². The number of carbonyl (C=O) groups excluding carboxylic acids is 1. The van der Waals surface area contributed by atoms with Gasteiger partial charge in [-0.15, -0.1) is 0 Å². The van der Waals surface area contributed by atoms with Crippen LogP contribution in [0.4, 0.5) is 0 Å². The average molecular weight is 196 g/mol. The summed E-state index contributed by atoms with van der Waals surface area (Å²) in [4.78, 5) is 13.8. The normalized spacial score (nSPS) is 31.6. The van der Waals surface area contributed by atoms with E-state index in [4.69, 9.17) is 0 Å². The molecule has 0 aromatic rings. The standard InChI is InChI=1S/C11H20N2O/c1-2-3-11(14)13-7-9-4-10(8-13)6-12-5-9/h9-10,12H,2-8H2,1H3. The van der Waals surface area contributed by atoms with Gasteiger partial charge in [-0.05, 0) is 37.8 Å². The van der Waals surface area contributed by atoms with Crippen molar-refractivity contribution in [3.63, 3.8) is 0 Å². The Labute approximate surface area is 85.8 Å². The van der Waals surface area contributed by atoms with E-state index in [1.165, 1.54) is 6.42 Å². The Kier molecular flexibility index (Phi) is 3.06. The lowest BCUT2D eigenvalue weighted by atomic mass is 9.86. The SMILES string of the molecule is CCCC(=O)N1CC2CNCC(C2)C1. The molecule has 0 aromatic carbocycles. The Morgan fingerprint density at radius 1 is 1.36 bits per heavy atom. The smallest absolute Gasteiger partial charge is 0.222 e. The highest BCUT2D eigenvalue weighted by molar-refractivity contribution is 5.76. The van der Waals surface area contributed by atoms with Crippen LogP contribution in [0.1, 0.15) is 26.2 Å². The van der Waals surface area contributed by atoms with Crippen LogP contribution in [0.2, 0.25) is 0 Å². The summed E-state index contributed by atoms with van der Waals surface area (Å²) in [5, 5.41) is 3.44. The van der Waals surface area contributed by atoms with Crippen LogP contribution < -0.4 is 5.32 Å². The quantitative estimate of drug-likeness (QED) is 0.710. The minimum Gasteiger partial charge on any atom is -0.342 e. The molecule has 3 heteroatoms. The molecule has 2 bridgehead atoms. The first-order valence-corrected chi connectivity index (χ1v) is 5.78. The summed E-state index contributed by atoms with van der Waals surface area (Å²) in [5.41, 5.74) is 0. The fourth-order valence-electron chi connectivity index (χ4n) is 2.68. The number of amides is 1. The molecule has 1 N–H and O–H groups in total. The number of fused-ring (bicyclic) bond motifs is 2. The molecule has 2 atom stereocenters. The summed E-state index contributed by atoms with van der Waals surface area (Å²) in [6, 6.07) is 0. The number of rotatable bonds is 2. The monoisotopic (exact) mass is 196 g/mol. The van der Waals surface area contributed by atoms with Crippen LogP contribution in [-0.2, 0) is 4.79 Å². The van der Waals surface area contributed by atoms with Crippen molar-refractivity contribution in [1.82, 2.24) is 10.2 Å². The van der Waals surface area contributed by atoms with Gasteiger partial charge in [0.05, 0.1) is 0 Å². The first-order chi connectivity index (χ1) is 6.79. The Balaban J connectivity index is 1.91. The topological polar surface area (TPSA) is 32.3 Å². The van der Waals surface area contributed by atoms with Crippen LogP contribution in [0.25, 0.3) is 0 Å². The predicted octanol–water partition coefficient (Wildman–Crippen LogP) is 0.854. The number of carbonyl (C=O) groups is 1. The van der Waals surface area contributed by atoms with Gasteiger partial charge in [0, 0.05) is 19.5 Å². The molecule has 2 heterocycles. The van der Waals surface area contributed by atoms with Gasteiger partial charge in [0.15, 0.2) is 0 Å². The van der Waals surface area contributed by atoms with Crippen molar-refractivity contribution in [3.8, 4) is 0 Å². The van der Waals surface area contributed by atoms with E-state index in [1.807, 2.05) is 0 Å². The first kappa shape index (κ1) is 9.97. The number of nitrogens with one attached hydrogen (secondary N) is 1. The van der Waals surface area contributed by atoms with Gasteiger partial charge in [0.2, 0.25) is 5.91 Å². The third-order valence-corrected chi connectivity index (χ3v) is 3.31. The lowest BCUT2D eigenvalue weighted by Crippen LogP contribution is -2.52. The summed E-state index contributed by atoms with van der Waals surface area (Å²) in [7, 11) is 0. The van der Waals surface area contributed by atoms with E-state index in [2.05, 4.69) is 17.1 Å². The predicted molar refractivity (Wildman–Crippen MR) is 56.0 cm³/mol. The number of piperidine rings is 2. The van der Waals surface area contributed by atoms with E-state index in [1.54, 1.807) is 0 Å². The molecule has 3 nitrogen and oxygen atoms in total. The third kappa shape index (κ3) is 2.08. The lowest BCUT2D eigenvalue weighted by Gasteiger charge is -2.41. The van der Waals surface area contributed by atoms with E-state index >= 15 is 0 Å². The number of hydrogen-bond acceptors (Lipinski definition) is 2. The highest BCUT2D eigenvalue weighted by atomic mass is 16.2. The molecule has 2 unspecified atom stereocenters. The summed E-state index contributed by atoms with van der Waals surface area (Å²) in [6.45, 7) is 6.26. The van der Waals surface area contributed by atoms with Gasteiger partial charge < -0.3 is 10.2 Å². The van der Waals surface area contributed by atoms with E-state index in [0.717, 1.165) is 39.0 Å². The number of nitrogens with zero attached hydrogens (tertiary/aromatic N) is 1. The minimum absolute atomic E-state index is 0.365. The van der Waals surface area contributed by atoms with Crippen LogP contribution in [0.3, 0.4) is 0 Å². The van der Waals surface area contributed by atoms with Crippen LogP contribution in [0, 0.1) is 11.8 Å². The molecule has 14 heavy (non-hydrogen) atoms. The van der Waals surface area contributed by atoms with Gasteiger partial charge in [-0.2, -0.15) is 0 Å². The molecule has 2 rings (SSSR count). The van der Waals surface area contributed by atoms with Gasteiger partial charge in [0.1, 0.15) is 0 Å². The first-order valence-electron chi connectivity index (χ1n) is 5.78. The second-order valence-corrected chi connectivity index (χ2v) is 4.67. The zero-order valence-corrected chi connectivity index (χ0v) is 8.96. The number of likely N-dealkylation sites (tertiary alicyclic amines) is 1. The van der Waals surface area contributed by atoms with Gasteiger partial charge in [-0.3, -0.25) is 4.79 Å². The molecule has 0 spiro atoms. The molecule has 0 aliphatic carbocycles. The molecule has 80 valence electrons. The van der Waals surface area contributed by atoms with Crippen LogP contribution in [0.15, 0.2) is 0 Å². The van der Waals surface area contributed by atoms with Crippen molar-refractivity contribution in [2.45, 2.75) is 26.2 Å². The van der Waals surface area contributed by atoms with Crippen molar-refractivity contribution in [2.75, 3.05) is 26.2 Å². The Morgan fingerprint density at radius 2 is 2.00 bits per heavy atom. The largest absolute Gasteiger partial charge is 0.342 e. The molecule has 2 aliphatic heterocycles. The molecule has 2 saturated heterocycles. The van der Waals surface area contributed by atoms with Gasteiger partial charge >= 0.3 is 0 Å². The molecule has 2 fully saturated rings. The second kappa shape index (κ2) is 4.30. The Bertz CT molecular complexity index is 205. The maximum atomic E-state index is 11.7. The van der Waals surface area contributed by atoms with E-state index < -0.39 is 0 Å². The Morgan fingerprint density at radius 3 is 2.57 bits per heavy atom. The van der Waals surface area contributed by atoms with Crippen molar-refractivity contribution < 1.29 is 4.79 Å². The molecular weight excluding hydrogens is 176 g/mol. The summed E-state index contributed by atoms with van der Waals surface area (Å²) in [6.07, 6.45) is 3.03. The number of hydrogen-bond donors (Lipinski definition) is 1. The fourth-order valence-corrected chi connectivity index (χ4v) is 2.68. The third-order valence-electron chi connectivity index (χ3n) is 3.31. The zero-order chi connectivity index (χ0) is 9.97. The maximum Gasteiger partial charge on any atom is 0.222 e. The highest BCUT2D eigenvalue weighted by Crippen LogP contribution is 2.24. The second-order valence-electron chi connectivity index (χ2n) is 4.67. The molecule has 0 saturated carbocycles. The van der Waals surface area contributed by atoms with Gasteiger partial charge in [-0.25, -0.2) is 0 Å². The molecule has 2 aliphatic rings. The van der Waals surface area contributed by atoms with Crippen LogP contribution >= 0.6 is 0 Å². The highest BCUT2D eigenvalue weighted by Gasteiger charge is 2.31. The average Bonchev–Trinajstić information content (AvgIpc) is 2.17. The van der Waals surface area contributed by atoms with Crippen molar-refractivity contribution >= 4 is 5.91 Å². The minimum atomic E-state index is 0.365. The van der Waals surface area contributed by atoms with Crippen LogP contribution in [-0.4, -0.2) is 37.0 Å². The fraction of sp³-hybridized carbons (Fsp3) is 0.909. The van der Waals surface area contributed by atoms with Crippen molar-refractivity contribution in [1.29, 1.82) is 0 Å². The van der Waals surface area contributed by atoms with E-state index in [9.17, 15) is 4.79 Å². The Hall–Kier alpha value is -0.570.